The predicted molar refractivity (Wildman–Crippen MR) is 106 cm³/mol. The fourth-order valence-corrected chi connectivity index (χ4v) is 3.67. The maximum atomic E-state index is 14.0. The molecule has 29 heavy (non-hydrogen) atoms. The van der Waals surface area contributed by atoms with Crippen molar-refractivity contribution >= 4 is 22.9 Å². The third-order valence-corrected chi connectivity index (χ3v) is 5.08. The van der Waals surface area contributed by atoms with E-state index in [0.717, 1.165) is 23.2 Å². The number of halogens is 1. The van der Waals surface area contributed by atoms with E-state index in [0.29, 0.717) is 34.9 Å². The zero-order valence-electron chi connectivity index (χ0n) is 15.2. The van der Waals surface area contributed by atoms with Crippen molar-refractivity contribution in [1.82, 2.24) is 14.4 Å². The molecule has 0 radical (unpaired) electrons. The molecule has 1 aliphatic rings. The third-order valence-electron chi connectivity index (χ3n) is 5.08. The molecule has 4 aromatic rings. The molecule has 0 unspecified atom stereocenters. The average Bonchev–Trinajstić information content (AvgIpc) is 3.31. The Morgan fingerprint density at radius 1 is 1.14 bits per heavy atom. The lowest BCUT2D eigenvalue weighted by Gasteiger charge is -2.11. The van der Waals surface area contributed by atoms with E-state index in [1.165, 1.54) is 12.1 Å². The van der Waals surface area contributed by atoms with E-state index < -0.39 is 11.6 Å². The fourth-order valence-electron chi connectivity index (χ4n) is 3.67. The maximum Gasteiger partial charge on any atom is 0.165 e. The van der Waals surface area contributed by atoms with E-state index in [2.05, 4.69) is 20.4 Å². The van der Waals surface area contributed by atoms with Crippen LogP contribution in [0.15, 0.2) is 60.1 Å². The summed E-state index contributed by atoms with van der Waals surface area (Å²) in [4.78, 5) is 8.69. The number of aromatic nitrogens is 3. The largest absolute Gasteiger partial charge is 0.505 e. The van der Waals surface area contributed by atoms with Crippen LogP contribution in [0.25, 0.3) is 16.9 Å². The Kier molecular flexibility index (Phi) is 3.90. The number of anilines is 2. The first kappa shape index (κ1) is 17.2. The van der Waals surface area contributed by atoms with E-state index >= 15 is 0 Å². The number of phenols is 1. The second-order valence-electron chi connectivity index (χ2n) is 6.82. The summed E-state index contributed by atoms with van der Waals surface area (Å²) < 4.78 is 15.8. The number of fused-ring (bicyclic) bond motifs is 2. The number of rotatable bonds is 3. The van der Waals surface area contributed by atoms with Gasteiger partial charge in [-0.1, -0.05) is 11.2 Å². The number of nitrogens with one attached hydrogen (secondary N) is 1. The summed E-state index contributed by atoms with van der Waals surface area (Å²) in [7, 11) is 0. The molecule has 0 fully saturated rings. The van der Waals surface area contributed by atoms with Gasteiger partial charge in [0, 0.05) is 29.2 Å². The number of phenolic OH excluding ortho intramolecular Hbond substituents is 1. The highest BCUT2D eigenvalue weighted by Crippen LogP contribution is 2.34. The van der Waals surface area contributed by atoms with Gasteiger partial charge in [-0.05, 0) is 48.7 Å². The van der Waals surface area contributed by atoms with Crippen LogP contribution < -0.4 is 5.32 Å². The maximum absolute atomic E-state index is 14.0. The Morgan fingerprint density at radius 3 is 2.86 bits per heavy atom. The summed E-state index contributed by atoms with van der Waals surface area (Å²) in [6, 6.07) is 10.0. The van der Waals surface area contributed by atoms with E-state index in [1.54, 1.807) is 24.7 Å². The Labute approximate surface area is 164 Å². The van der Waals surface area contributed by atoms with Crippen molar-refractivity contribution < 1.29 is 14.7 Å². The molecule has 8 heteroatoms. The summed E-state index contributed by atoms with van der Waals surface area (Å²) in [6.45, 7) is 0. The molecule has 2 heterocycles. The van der Waals surface area contributed by atoms with Crippen LogP contribution in [0.5, 0.6) is 5.75 Å². The molecule has 2 aromatic carbocycles. The van der Waals surface area contributed by atoms with Crippen molar-refractivity contribution in [2.24, 2.45) is 5.16 Å². The SMILES string of the molecule is ON=C1CCc2cc(Nc3c(-c4ccc(O)c(F)c4)nc4cnccn34)ccc21. The Morgan fingerprint density at radius 2 is 2.03 bits per heavy atom. The van der Waals surface area contributed by atoms with Crippen molar-refractivity contribution in [3.8, 4) is 17.0 Å². The molecule has 1 aliphatic carbocycles. The molecule has 0 aliphatic heterocycles. The first-order chi connectivity index (χ1) is 14.1. The van der Waals surface area contributed by atoms with E-state index in [9.17, 15) is 9.50 Å². The van der Waals surface area contributed by atoms with Crippen molar-refractivity contribution in [2.75, 3.05) is 5.32 Å². The molecular weight excluding hydrogens is 373 g/mol. The molecule has 0 saturated carbocycles. The van der Waals surface area contributed by atoms with Crippen molar-refractivity contribution in [1.29, 1.82) is 0 Å². The monoisotopic (exact) mass is 389 g/mol. The Hall–Kier alpha value is -3.94. The molecule has 2 aromatic heterocycles. The second-order valence-corrected chi connectivity index (χ2v) is 6.82. The normalized spacial score (nSPS) is 14.4. The minimum atomic E-state index is -0.711. The number of hydrogen-bond donors (Lipinski definition) is 3. The number of imidazole rings is 1. The van der Waals surface area contributed by atoms with Gasteiger partial charge in [-0.25, -0.2) is 9.37 Å². The zero-order valence-corrected chi connectivity index (χ0v) is 15.2. The highest BCUT2D eigenvalue weighted by Gasteiger charge is 2.20. The lowest BCUT2D eigenvalue weighted by atomic mass is 10.1. The Bertz CT molecular complexity index is 1280. The summed E-state index contributed by atoms with van der Waals surface area (Å²) in [5.41, 5.74) is 5.23. The van der Waals surface area contributed by atoms with Crippen molar-refractivity contribution in [2.45, 2.75) is 12.8 Å². The topological polar surface area (TPSA) is 95.0 Å². The number of aryl methyl sites for hydroxylation is 1. The van der Waals surface area contributed by atoms with Crippen LogP contribution in [-0.4, -0.2) is 30.4 Å². The first-order valence-electron chi connectivity index (χ1n) is 9.06. The highest BCUT2D eigenvalue weighted by molar-refractivity contribution is 6.04. The Balaban J connectivity index is 1.62. The molecule has 0 amide bonds. The summed E-state index contributed by atoms with van der Waals surface area (Å²) >= 11 is 0. The van der Waals surface area contributed by atoms with Crippen LogP contribution in [0.2, 0.25) is 0 Å². The molecule has 0 spiro atoms. The van der Waals surface area contributed by atoms with Crippen LogP contribution in [0.4, 0.5) is 15.9 Å². The molecule has 3 N–H and O–H groups in total. The third kappa shape index (κ3) is 2.85. The molecule has 7 nitrogen and oxygen atoms in total. The minimum absolute atomic E-state index is 0.409. The van der Waals surface area contributed by atoms with Crippen molar-refractivity contribution in [3.63, 3.8) is 0 Å². The van der Waals surface area contributed by atoms with Gasteiger partial charge in [0.15, 0.2) is 17.2 Å². The molecule has 0 atom stereocenters. The van der Waals surface area contributed by atoms with Gasteiger partial charge in [-0.15, -0.1) is 0 Å². The van der Waals surface area contributed by atoms with E-state index in [4.69, 9.17) is 5.21 Å². The second kappa shape index (κ2) is 6.59. The van der Waals surface area contributed by atoms with E-state index in [-0.39, 0.29) is 0 Å². The lowest BCUT2D eigenvalue weighted by Crippen LogP contribution is -1.99. The molecule has 0 saturated heterocycles. The van der Waals surface area contributed by atoms with Gasteiger partial charge in [0.1, 0.15) is 11.5 Å². The smallest absolute Gasteiger partial charge is 0.165 e. The average molecular weight is 389 g/mol. The summed E-state index contributed by atoms with van der Waals surface area (Å²) in [5, 5.41) is 25.4. The highest BCUT2D eigenvalue weighted by atomic mass is 19.1. The van der Waals surface area contributed by atoms with Crippen LogP contribution in [-0.2, 0) is 6.42 Å². The standard InChI is InChI=1S/C21H16FN5O2/c22-16-10-13(2-6-18(16)28)20-21(27-8-7-23-11-19(27)25-20)24-14-3-4-15-12(9-14)1-5-17(15)26-29/h2-4,6-11,24,28-29H,1,5H2. The van der Waals surface area contributed by atoms with Crippen molar-refractivity contribution in [3.05, 3.63) is 71.9 Å². The van der Waals surface area contributed by atoms with Gasteiger partial charge in [0.25, 0.3) is 0 Å². The summed E-state index contributed by atoms with van der Waals surface area (Å²) in [5.74, 6) is -0.466. The molecular formula is C21H16FN5O2. The van der Waals surface area contributed by atoms with Gasteiger partial charge in [0.05, 0.1) is 11.9 Å². The van der Waals surface area contributed by atoms with Gasteiger partial charge in [-0.2, -0.15) is 0 Å². The number of aromatic hydroxyl groups is 1. The number of benzene rings is 2. The lowest BCUT2D eigenvalue weighted by molar-refractivity contribution is 0.318. The number of nitrogens with zero attached hydrogens (tertiary/aromatic N) is 4. The van der Waals surface area contributed by atoms with E-state index in [1.807, 2.05) is 22.6 Å². The number of hydrogen-bond acceptors (Lipinski definition) is 6. The fraction of sp³-hybridized carbons (Fsp3) is 0.0952. The first-order valence-corrected chi connectivity index (χ1v) is 9.06. The van der Waals surface area contributed by atoms with Crippen LogP contribution in [0, 0.1) is 5.82 Å². The van der Waals surface area contributed by atoms with Gasteiger partial charge in [-0.3, -0.25) is 9.38 Å². The quantitative estimate of drug-likeness (QED) is 0.362. The number of oxime groups is 1. The van der Waals surface area contributed by atoms with Crippen LogP contribution in [0.1, 0.15) is 17.5 Å². The van der Waals surface area contributed by atoms with Gasteiger partial charge < -0.3 is 15.6 Å². The van der Waals surface area contributed by atoms with Gasteiger partial charge in [0.2, 0.25) is 0 Å². The zero-order chi connectivity index (χ0) is 20.0. The molecule has 144 valence electrons. The van der Waals surface area contributed by atoms with Gasteiger partial charge >= 0.3 is 0 Å². The van der Waals surface area contributed by atoms with Crippen LogP contribution >= 0.6 is 0 Å². The predicted octanol–water partition coefficient (Wildman–Crippen LogP) is 4.11. The summed E-state index contributed by atoms with van der Waals surface area (Å²) in [6.07, 6.45) is 6.55. The molecule has 0 bridgehead atoms. The van der Waals surface area contributed by atoms with Crippen LogP contribution in [0.3, 0.4) is 0 Å². The molecule has 5 rings (SSSR count). The minimum Gasteiger partial charge on any atom is -0.505 e.